The molecule has 0 amide bonds. The van der Waals surface area contributed by atoms with E-state index in [4.69, 9.17) is 19.4 Å². The Hall–Kier alpha value is -8.21. The van der Waals surface area contributed by atoms with Crippen LogP contribution in [0.3, 0.4) is 0 Å². The molecule has 2 heterocycles. The number of hydrogen-bond acceptors (Lipinski definition) is 4. The first-order valence-electron chi connectivity index (χ1n) is 20.5. The van der Waals surface area contributed by atoms with Crippen molar-refractivity contribution < 1.29 is 4.42 Å². The predicted molar refractivity (Wildman–Crippen MR) is 251 cm³/mol. The van der Waals surface area contributed by atoms with Gasteiger partial charge in [0.25, 0.3) is 0 Å². The zero-order valence-corrected chi connectivity index (χ0v) is 33.1. The van der Waals surface area contributed by atoms with Gasteiger partial charge in [-0.05, 0) is 74.8 Å². The largest absolute Gasteiger partial charge is 0.455 e. The third kappa shape index (κ3) is 6.86. The van der Waals surface area contributed by atoms with Crippen LogP contribution in [0.1, 0.15) is 0 Å². The molecule has 0 bridgehead atoms. The fourth-order valence-electron chi connectivity index (χ4n) is 8.34. The van der Waals surface area contributed by atoms with Gasteiger partial charge in [-0.1, -0.05) is 194 Å². The summed E-state index contributed by atoms with van der Waals surface area (Å²) in [6.07, 6.45) is 0. The SMILES string of the molecule is c1ccc(-c2cc(-c3ccccc3)c3oc4c(-c5ccccc5)ccc(-c5cccc(-c6cccc(-c7nc(-c8ccccc8)nc(-c8ccccc8)n7)c6)c5)c4c3c2)cc1. The number of hydrogen-bond donors (Lipinski definition) is 0. The molecule has 286 valence electrons. The summed E-state index contributed by atoms with van der Waals surface area (Å²) in [7, 11) is 0. The molecule has 4 nitrogen and oxygen atoms in total. The Morgan fingerprint density at radius 1 is 0.246 bits per heavy atom. The molecule has 0 saturated heterocycles. The van der Waals surface area contributed by atoms with E-state index >= 15 is 0 Å². The van der Waals surface area contributed by atoms with Crippen LogP contribution in [0, 0.1) is 0 Å². The summed E-state index contributed by atoms with van der Waals surface area (Å²) in [4.78, 5) is 14.9. The zero-order valence-electron chi connectivity index (χ0n) is 33.1. The van der Waals surface area contributed by atoms with Crippen molar-refractivity contribution in [1.29, 1.82) is 0 Å². The molecule has 2 aromatic heterocycles. The minimum absolute atomic E-state index is 0.622. The van der Waals surface area contributed by atoms with Crippen LogP contribution in [-0.2, 0) is 0 Å². The van der Waals surface area contributed by atoms with Crippen molar-refractivity contribution in [2.45, 2.75) is 0 Å². The molecular weight excluding hydrogens is 743 g/mol. The van der Waals surface area contributed by atoms with Crippen LogP contribution >= 0.6 is 0 Å². The molecular formula is C57H37N3O. The average Bonchev–Trinajstić information content (AvgIpc) is 3.74. The van der Waals surface area contributed by atoms with Crippen molar-refractivity contribution in [3.8, 4) is 89.8 Å². The molecule has 61 heavy (non-hydrogen) atoms. The Balaban J connectivity index is 1.09. The van der Waals surface area contributed by atoms with Crippen molar-refractivity contribution in [3.05, 3.63) is 224 Å². The Morgan fingerprint density at radius 3 is 1.21 bits per heavy atom. The lowest BCUT2D eigenvalue weighted by atomic mass is 9.91. The van der Waals surface area contributed by atoms with E-state index in [-0.39, 0.29) is 0 Å². The van der Waals surface area contributed by atoms with Gasteiger partial charge in [0.15, 0.2) is 17.5 Å². The number of fused-ring (bicyclic) bond motifs is 3. The van der Waals surface area contributed by atoms with Crippen LogP contribution in [0.25, 0.3) is 112 Å². The second-order valence-electron chi connectivity index (χ2n) is 15.2. The highest BCUT2D eigenvalue weighted by atomic mass is 16.3. The van der Waals surface area contributed by atoms with Gasteiger partial charge < -0.3 is 4.42 Å². The second kappa shape index (κ2) is 15.5. The van der Waals surface area contributed by atoms with Crippen LogP contribution < -0.4 is 0 Å². The first-order valence-corrected chi connectivity index (χ1v) is 20.5. The normalized spacial score (nSPS) is 11.3. The molecule has 0 radical (unpaired) electrons. The minimum atomic E-state index is 0.622. The summed E-state index contributed by atoms with van der Waals surface area (Å²) in [6, 6.07) is 78.2. The standard InChI is InChI=1S/C57H37N3O/c1-6-18-38(19-7-1)47-36-50(40-22-10-3-11-23-40)53-51(37-47)52-48(32-33-49(54(52)61-53)39-20-8-2-9-21-39)45-30-16-28-43(34-45)44-29-17-31-46(35-44)57-59-55(41-24-12-4-13-25-41)58-56(60-57)42-26-14-5-15-27-42/h1-37H. The number of benzene rings is 9. The summed E-state index contributed by atoms with van der Waals surface area (Å²) >= 11 is 0. The van der Waals surface area contributed by atoms with Gasteiger partial charge in [-0.15, -0.1) is 0 Å². The lowest BCUT2D eigenvalue weighted by Crippen LogP contribution is -2.00. The quantitative estimate of drug-likeness (QED) is 0.154. The van der Waals surface area contributed by atoms with E-state index in [1.54, 1.807) is 0 Å². The number of rotatable bonds is 8. The minimum Gasteiger partial charge on any atom is -0.455 e. The maximum Gasteiger partial charge on any atom is 0.164 e. The van der Waals surface area contributed by atoms with Crippen LogP contribution in [-0.4, -0.2) is 15.0 Å². The molecule has 0 saturated carbocycles. The van der Waals surface area contributed by atoms with Gasteiger partial charge in [0.05, 0.1) is 0 Å². The first-order chi connectivity index (χ1) is 30.2. The molecule has 0 aliphatic rings. The monoisotopic (exact) mass is 779 g/mol. The van der Waals surface area contributed by atoms with Gasteiger partial charge in [0.2, 0.25) is 0 Å². The lowest BCUT2D eigenvalue weighted by Gasteiger charge is -2.12. The molecule has 0 N–H and O–H groups in total. The maximum atomic E-state index is 7.12. The van der Waals surface area contributed by atoms with Crippen molar-refractivity contribution in [2.75, 3.05) is 0 Å². The number of furan rings is 1. The first kappa shape index (κ1) is 35.9. The molecule has 9 aromatic carbocycles. The van der Waals surface area contributed by atoms with E-state index in [2.05, 4.69) is 164 Å². The molecule has 0 atom stereocenters. The predicted octanol–water partition coefficient (Wildman–Crippen LogP) is 15.1. The zero-order chi connectivity index (χ0) is 40.5. The van der Waals surface area contributed by atoms with Crippen molar-refractivity contribution >= 4 is 21.9 Å². The molecule has 0 unspecified atom stereocenters. The summed E-state index contributed by atoms with van der Waals surface area (Å²) < 4.78 is 7.12. The number of nitrogens with zero attached hydrogens (tertiary/aromatic N) is 3. The molecule has 4 heteroatoms. The summed E-state index contributed by atoms with van der Waals surface area (Å²) in [5, 5.41) is 2.16. The van der Waals surface area contributed by atoms with Gasteiger partial charge >= 0.3 is 0 Å². The highest BCUT2D eigenvalue weighted by molar-refractivity contribution is 6.19. The van der Waals surface area contributed by atoms with E-state index in [1.807, 2.05) is 60.7 Å². The molecule has 0 fully saturated rings. The Labute approximate surface area is 354 Å². The summed E-state index contributed by atoms with van der Waals surface area (Å²) in [6.45, 7) is 0. The fraction of sp³-hybridized carbons (Fsp3) is 0. The van der Waals surface area contributed by atoms with Gasteiger partial charge in [0.1, 0.15) is 11.2 Å². The highest BCUT2D eigenvalue weighted by Gasteiger charge is 2.22. The molecule has 11 rings (SSSR count). The van der Waals surface area contributed by atoms with Gasteiger partial charge in [-0.25, -0.2) is 15.0 Å². The van der Waals surface area contributed by atoms with E-state index < -0.39 is 0 Å². The third-order valence-electron chi connectivity index (χ3n) is 11.3. The Bertz CT molecular complexity index is 3270. The summed E-state index contributed by atoms with van der Waals surface area (Å²) in [5.74, 6) is 1.90. The van der Waals surface area contributed by atoms with Crippen LogP contribution in [0.15, 0.2) is 229 Å². The highest BCUT2D eigenvalue weighted by Crippen LogP contribution is 2.46. The van der Waals surface area contributed by atoms with E-state index in [9.17, 15) is 0 Å². The molecule has 0 spiro atoms. The van der Waals surface area contributed by atoms with Gasteiger partial charge in [-0.3, -0.25) is 0 Å². The molecule has 11 aromatic rings. The maximum absolute atomic E-state index is 7.12. The van der Waals surface area contributed by atoms with Gasteiger partial charge in [-0.2, -0.15) is 0 Å². The van der Waals surface area contributed by atoms with E-state index in [0.717, 1.165) is 94.3 Å². The topological polar surface area (TPSA) is 51.8 Å². The molecule has 0 aliphatic heterocycles. The molecule has 0 aliphatic carbocycles. The number of aromatic nitrogens is 3. The van der Waals surface area contributed by atoms with Crippen molar-refractivity contribution in [3.63, 3.8) is 0 Å². The van der Waals surface area contributed by atoms with Crippen LogP contribution in [0.4, 0.5) is 0 Å². The van der Waals surface area contributed by atoms with Crippen LogP contribution in [0.2, 0.25) is 0 Å². The van der Waals surface area contributed by atoms with Crippen LogP contribution in [0.5, 0.6) is 0 Å². The van der Waals surface area contributed by atoms with E-state index in [0.29, 0.717) is 17.5 Å². The Kier molecular flexibility index (Phi) is 9.14. The summed E-state index contributed by atoms with van der Waals surface area (Å²) in [5.41, 5.74) is 15.5. The van der Waals surface area contributed by atoms with Crippen molar-refractivity contribution in [1.82, 2.24) is 15.0 Å². The lowest BCUT2D eigenvalue weighted by molar-refractivity contribution is 0.671. The van der Waals surface area contributed by atoms with Gasteiger partial charge in [0, 0.05) is 38.6 Å². The smallest absolute Gasteiger partial charge is 0.164 e. The van der Waals surface area contributed by atoms with E-state index in [1.165, 1.54) is 0 Å². The Morgan fingerprint density at radius 2 is 0.656 bits per heavy atom. The second-order valence-corrected chi connectivity index (χ2v) is 15.2. The third-order valence-corrected chi connectivity index (χ3v) is 11.3. The average molecular weight is 780 g/mol. The van der Waals surface area contributed by atoms with Crippen molar-refractivity contribution in [2.24, 2.45) is 0 Å². The fourth-order valence-corrected chi connectivity index (χ4v) is 8.34.